The summed E-state index contributed by atoms with van der Waals surface area (Å²) in [6, 6.07) is 8.60. The topological polar surface area (TPSA) is 24.9 Å². The third-order valence-corrected chi connectivity index (χ3v) is 4.10. The summed E-state index contributed by atoms with van der Waals surface area (Å²) in [4.78, 5) is 5.05. The molecule has 2 nitrogen and oxygen atoms in total. The monoisotopic (exact) mass is 296 g/mol. The van der Waals surface area contributed by atoms with Gasteiger partial charge in [-0.25, -0.2) is 9.37 Å². The van der Waals surface area contributed by atoms with Gasteiger partial charge in [0.25, 0.3) is 0 Å². The molecule has 1 N–H and O–H groups in total. The van der Waals surface area contributed by atoms with E-state index in [-0.39, 0.29) is 5.82 Å². The largest absolute Gasteiger partial charge is 0.313 e. The van der Waals surface area contributed by atoms with Crippen molar-refractivity contribution < 1.29 is 4.39 Å². The Hall–Kier alpha value is -1.10. The van der Waals surface area contributed by atoms with E-state index in [2.05, 4.69) is 10.3 Å². The molecule has 0 aliphatic heterocycles. The van der Waals surface area contributed by atoms with Gasteiger partial charge in [-0.05, 0) is 30.8 Å². The molecular weight excluding hydrogens is 283 g/mol. The summed E-state index contributed by atoms with van der Waals surface area (Å²) >= 11 is 7.46. The number of hydrogen-bond acceptors (Lipinski definition) is 3. The Labute approximate surface area is 121 Å². The van der Waals surface area contributed by atoms with Crippen molar-refractivity contribution >= 4 is 23.4 Å². The minimum Gasteiger partial charge on any atom is -0.313 e. The smallest absolute Gasteiger partial charge is 0.128 e. The molecule has 0 bridgehead atoms. The number of nitrogens with zero attached hydrogens (tertiary/aromatic N) is 1. The minimum atomic E-state index is -0.210. The second-order valence-electron chi connectivity index (χ2n) is 3.89. The maximum absolute atomic E-state index is 13.9. The van der Waals surface area contributed by atoms with Crippen LogP contribution >= 0.6 is 23.4 Å². The lowest BCUT2D eigenvalue weighted by atomic mass is 10.2. The Morgan fingerprint density at radius 3 is 2.89 bits per heavy atom. The van der Waals surface area contributed by atoms with Gasteiger partial charge in [-0.3, -0.25) is 0 Å². The maximum Gasteiger partial charge on any atom is 0.128 e. The molecule has 19 heavy (non-hydrogen) atoms. The number of rotatable bonds is 5. The summed E-state index contributed by atoms with van der Waals surface area (Å²) in [6.45, 7) is 3.28. The third kappa shape index (κ3) is 3.69. The Kier molecular flexibility index (Phi) is 5.19. The highest BCUT2D eigenvalue weighted by atomic mass is 35.5. The standard InChI is InChI=1S/C14H14ClFN2S/c1-2-17-9-10-12(16)6-3-7-13(10)19-14-11(15)5-4-8-18-14/h3-8,17H,2,9H2,1H3. The molecule has 0 unspecified atom stereocenters. The van der Waals surface area contributed by atoms with E-state index in [1.165, 1.54) is 17.8 Å². The molecule has 2 rings (SSSR count). The van der Waals surface area contributed by atoms with E-state index in [4.69, 9.17) is 11.6 Å². The van der Waals surface area contributed by atoms with Crippen LogP contribution in [0.3, 0.4) is 0 Å². The predicted molar refractivity (Wildman–Crippen MR) is 77.2 cm³/mol. The van der Waals surface area contributed by atoms with Crippen LogP contribution in [-0.2, 0) is 6.54 Å². The Morgan fingerprint density at radius 2 is 2.16 bits per heavy atom. The molecule has 5 heteroatoms. The number of halogens is 2. The van der Waals surface area contributed by atoms with Crippen LogP contribution in [0.25, 0.3) is 0 Å². The van der Waals surface area contributed by atoms with E-state index in [9.17, 15) is 4.39 Å². The number of aromatic nitrogens is 1. The zero-order valence-corrected chi connectivity index (χ0v) is 12.1. The van der Waals surface area contributed by atoms with Crippen LogP contribution in [0.4, 0.5) is 4.39 Å². The number of nitrogens with one attached hydrogen (secondary N) is 1. The summed E-state index contributed by atoms with van der Waals surface area (Å²) in [6.07, 6.45) is 1.68. The van der Waals surface area contributed by atoms with Gasteiger partial charge in [0, 0.05) is 23.2 Å². The fraction of sp³-hybridized carbons (Fsp3) is 0.214. The third-order valence-electron chi connectivity index (χ3n) is 2.56. The van der Waals surface area contributed by atoms with Crippen LogP contribution in [0.1, 0.15) is 12.5 Å². The lowest BCUT2D eigenvalue weighted by Gasteiger charge is -2.10. The molecule has 1 aromatic carbocycles. The summed E-state index contributed by atoms with van der Waals surface area (Å²) < 4.78 is 13.9. The van der Waals surface area contributed by atoms with Gasteiger partial charge in [-0.1, -0.05) is 36.4 Å². The van der Waals surface area contributed by atoms with Crippen LogP contribution in [0.15, 0.2) is 46.5 Å². The van der Waals surface area contributed by atoms with Gasteiger partial charge in [0.05, 0.1) is 5.02 Å². The first-order chi connectivity index (χ1) is 9.22. The first-order valence-corrected chi connectivity index (χ1v) is 7.18. The molecule has 0 aliphatic rings. The molecule has 0 saturated carbocycles. The van der Waals surface area contributed by atoms with Crippen LogP contribution in [0, 0.1) is 5.82 Å². The molecular formula is C14H14ClFN2S. The minimum absolute atomic E-state index is 0.210. The normalized spacial score (nSPS) is 10.7. The Bertz CT molecular complexity index is 563. The van der Waals surface area contributed by atoms with Gasteiger partial charge in [0.2, 0.25) is 0 Å². The van der Waals surface area contributed by atoms with Gasteiger partial charge in [0.1, 0.15) is 10.8 Å². The molecule has 1 aromatic heterocycles. The molecule has 0 amide bonds. The van der Waals surface area contributed by atoms with E-state index >= 15 is 0 Å². The SMILES string of the molecule is CCNCc1c(F)cccc1Sc1ncccc1Cl. The lowest BCUT2D eigenvalue weighted by Crippen LogP contribution is -2.13. The second kappa shape index (κ2) is 6.89. The average molecular weight is 297 g/mol. The Morgan fingerprint density at radius 1 is 1.32 bits per heavy atom. The Balaban J connectivity index is 2.29. The van der Waals surface area contributed by atoms with Crippen molar-refractivity contribution in [1.29, 1.82) is 0 Å². The van der Waals surface area contributed by atoms with Crippen LogP contribution in [0.2, 0.25) is 5.02 Å². The van der Waals surface area contributed by atoms with Crippen molar-refractivity contribution in [2.75, 3.05) is 6.54 Å². The van der Waals surface area contributed by atoms with Gasteiger partial charge >= 0.3 is 0 Å². The summed E-state index contributed by atoms with van der Waals surface area (Å²) in [7, 11) is 0. The zero-order valence-electron chi connectivity index (χ0n) is 10.5. The first-order valence-electron chi connectivity index (χ1n) is 5.99. The molecule has 0 saturated heterocycles. The summed E-state index contributed by atoms with van der Waals surface area (Å²) in [5.41, 5.74) is 0.649. The number of hydrogen-bond donors (Lipinski definition) is 1. The first kappa shape index (κ1) is 14.3. The maximum atomic E-state index is 13.9. The molecule has 0 radical (unpaired) electrons. The van der Waals surface area contributed by atoms with Gasteiger partial charge in [-0.2, -0.15) is 0 Å². The van der Waals surface area contributed by atoms with Gasteiger partial charge in [0.15, 0.2) is 0 Å². The number of benzene rings is 1. The molecule has 1 heterocycles. The van der Waals surface area contributed by atoms with Crippen molar-refractivity contribution in [2.24, 2.45) is 0 Å². The van der Waals surface area contributed by atoms with Crippen molar-refractivity contribution in [3.05, 3.63) is 52.9 Å². The van der Waals surface area contributed by atoms with Crippen LogP contribution in [-0.4, -0.2) is 11.5 Å². The molecule has 0 spiro atoms. The lowest BCUT2D eigenvalue weighted by molar-refractivity contribution is 0.585. The summed E-state index contributed by atoms with van der Waals surface area (Å²) in [5.74, 6) is -0.210. The highest BCUT2D eigenvalue weighted by Gasteiger charge is 2.11. The van der Waals surface area contributed by atoms with Crippen molar-refractivity contribution in [3.63, 3.8) is 0 Å². The highest BCUT2D eigenvalue weighted by Crippen LogP contribution is 2.34. The molecule has 0 aliphatic carbocycles. The molecule has 0 fully saturated rings. The molecule has 100 valence electrons. The highest BCUT2D eigenvalue weighted by molar-refractivity contribution is 7.99. The van der Waals surface area contributed by atoms with Crippen molar-refractivity contribution in [3.8, 4) is 0 Å². The fourth-order valence-electron chi connectivity index (χ4n) is 1.61. The fourth-order valence-corrected chi connectivity index (χ4v) is 2.77. The van der Waals surface area contributed by atoms with Gasteiger partial charge in [-0.15, -0.1) is 0 Å². The quantitative estimate of drug-likeness (QED) is 0.898. The van der Waals surface area contributed by atoms with Gasteiger partial charge < -0.3 is 5.32 Å². The predicted octanol–water partition coefficient (Wildman–Crippen LogP) is 4.13. The van der Waals surface area contributed by atoms with Crippen LogP contribution in [0.5, 0.6) is 0 Å². The van der Waals surface area contributed by atoms with Crippen molar-refractivity contribution in [1.82, 2.24) is 10.3 Å². The van der Waals surface area contributed by atoms with E-state index in [1.54, 1.807) is 24.4 Å². The van der Waals surface area contributed by atoms with Crippen molar-refractivity contribution in [2.45, 2.75) is 23.4 Å². The van der Waals surface area contributed by atoms with E-state index in [0.717, 1.165) is 11.4 Å². The molecule has 2 aromatic rings. The number of pyridine rings is 1. The van der Waals surface area contributed by atoms with E-state index in [1.807, 2.05) is 13.0 Å². The van der Waals surface area contributed by atoms with E-state index in [0.29, 0.717) is 22.2 Å². The summed E-state index contributed by atoms with van der Waals surface area (Å²) in [5, 5.41) is 4.40. The van der Waals surface area contributed by atoms with E-state index < -0.39 is 0 Å². The zero-order chi connectivity index (χ0) is 13.7. The molecule has 0 atom stereocenters. The average Bonchev–Trinajstić information content (AvgIpc) is 2.41. The van der Waals surface area contributed by atoms with Crippen LogP contribution < -0.4 is 5.32 Å². The second-order valence-corrected chi connectivity index (χ2v) is 5.33.